The summed E-state index contributed by atoms with van der Waals surface area (Å²) in [7, 11) is -1.66. The fraction of sp³-hybridized carbons (Fsp3) is 0.500. The van der Waals surface area contributed by atoms with Crippen LogP contribution in [0.3, 0.4) is 0 Å². The van der Waals surface area contributed by atoms with Gasteiger partial charge in [-0.25, -0.2) is 0 Å². The van der Waals surface area contributed by atoms with E-state index in [4.69, 9.17) is 0 Å². The fourth-order valence-electron chi connectivity index (χ4n) is 4.64. The SMILES string of the molecule is CC1=C(C)C(C)([Si](C)(C)c2ccccc2)[C]([Ti]([CH3])([CH3])[CH3])=C1C. The van der Waals surface area contributed by atoms with Gasteiger partial charge in [0.1, 0.15) is 0 Å². The van der Waals surface area contributed by atoms with E-state index in [0.717, 1.165) is 0 Å². The van der Waals surface area contributed by atoms with E-state index in [2.05, 4.69) is 86.8 Å². The summed E-state index contributed by atoms with van der Waals surface area (Å²) < 4.78 is 1.85. The van der Waals surface area contributed by atoms with E-state index in [-0.39, 0.29) is 5.04 Å². The third-order valence-corrected chi connectivity index (χ3v) is 15.2. The third kappa shape index (κ3) is 2.46. The zero-order chi connectivity index (χ0) is 16.9. The van der Waals surface area contributed by atoms with Crippen molar-refractivity contribution in [1.29, 1.82) is 0 Å². The van der Waals surface area contributed by atoms with Gasteiger partial charge in [-0.3, -0.25) is 0 Å². The molecule has 0 saturated heterocycles. The Labute approximate surface area is 142 Å². The topological polar surface area (TPSA) is 0 Å². The monoisotopic (exact) mass is 348 g/mol. The summed E-state index contributed by atoms with van der Waals surface area (Å²) in [5.41, 5.74) is 4.82. The average molecular weight is 348 g/mol. The van der Waals surface area contributed by atoms with Crippen molar-refractivity contribution in [3.05, 3.63) is 50.9 Å². The van der Waals surface area contributed by atoms with Crippen LogP contribution in [0.1, 0.15) is 27.7 Å². The van der Waals surface area contributed by atoms with Crippen molar-refractivity contribution in [3.63, 3.8) is 0 Å². The van der Waals surface area contributed by atoms with Crippen molar-refractivity contribution in [2.75, 3.05) is 0 Å². The molecular formula is C20H32SiTi. The molecule has 1 aliphatic carbocycles. The summed E-state index contributed by atoms with van der Waals surface area (Å²) in [5, 5.41) is 9.57. The van der Waals surface area contributed by atoms with Gasteiger partial charge in [-0.15, -0.1) is 0 Å². The van der Waals surface area contributed by atoms with Gasteiger partial charge >= 0.3 is 142 Å². The second-order valence-electron chi connectivity index (χ2n) is 8.62. The van der Waals surface area contributed by atoms with Gasteiger partial charge in [0, 0.05) is 0 Å². The Bertz CT molecular complexity index is 644. The molecule has 0 nitrogen and oxygen atoms in total. The van der Waals surface area contributed by atoms with Crippen LogP contribution in [0.2, 0.25) is 33.8 Å². The second-order valence-corrected chi connectivity index (χ2v) is 21.3. The van der Waals surface area contributed by atoms with Crippen LogP contribution in [0.4, 0.5) is 0 Å². The predicted molar refractivity (Wildman–Crippen MR) is 101 cm³/mol. The quantitative estimate of drug-likeness (QED) is 0.564. The van der Waals surface area contributed by atoms with Gasteiger partial charge in [-0.05, 0) is 0 Å². The van der Waals surface area contributed by atoms with E-state index in [1.165, 1.54) is 0 Å². The molecule has 0 spiro atoms. The molecule has 1 atom stereocenters. The molecule has 0 N–H and O–H groups in total. The number of allylic oxidation sites excluding steroid dienone is 4. The van der Waals surface area contributed by atoms with E-state index in [1.54, 1.807) is 21.9 Å². The normalized spacial score (nSPS) is 23.5. The maximum atomic E-state index is 2.58. The Balaban J connectivity index is 2.75. The van der Waals surface area contributed by atoms with Crippen molar-refractivity contribution in [2.45, 2.75) is 61.5 Å². The van der Waals surface area contributed by atoms with E-state index in [0.29, 0.717) is 0 Å². The number of hydrogen-bond acceptors (Lipinski definition) is 0. The van der Waals surface area contributed by atoms with Crippen molar-refractivity contribution in [2.24, 2.45) is 0 Å². The Hall–Kier alpha value is -0.369. The van der Waals surface area contributed by atoms with Gasteiger partial charge in [0.2, 0.25) is 0 Å². The van der Waals surface area contributed by atoms with Crippen LogP contribution in [0.15, 0.2) is 50.9 Å². The Morgan fingerprint density at radius 2 is 1.36 bits per heavy atom. The summed E-state index contributed by atoms with van der Waals surface area (Å²) in [5.74, 6) is 0. The van der Waals surface area contributed by atoms with Crippen molar-refractivity contribution < 1.29 is 16.6 Å². The molecule has 1 aromatic carbocycles. The van der Waals surface area contributed by atoms with Crippen LogP contribution >= 0.6 is 0 Å². The van der Waals surface area contributed by atoms with E-state index in [9.17, 15) is 0 Å². The zero-order valence-electron chi connectivity index (χ0n) is 15.9. The van der Waals surface area contributed by atoms with Crippen LogP contribution < -0.4 is 5.19 Å². The van der Waals surface area contributed by atoms with Crippen LogP contribution in [-0.4, -0.2) is 8.07 Å². The minimum absolute atomic E-state index is 0.279. The molecule has 1 aromatic rings. The van der Waals surface area contributed by atoms with Crippen LogP contribution in [0, 0.1) is 0 Å². The van der Waals surface area contributed by atoms with E-state index >= 15 is 0 Å². The summed E-state index contributed by atoms with van der Waals surface area (Å²) in [6, 6.07) is 11.3. The molecule has 1 aliphatic rings. The molecule has 0 fully saturated rings. The van der Waals surface area contributed by atoms with Gasteiger partial charge in [-0.2, -0.15) is 0 Å². The van der Waals surface area contributed by atoms with Gasteiger partial charge in [0.15, 0.2) is 0 Å². The number of rotatable bonds is 3. The molecule has 2 heteroatoms. The summed E-state index contributed by atoms with van der Waals surface area (Å²) >= 11 is -1.93. The maximum absolute atomic E-state index is 2.58. The fourth-order valence-corrected chi connectivity index (χ4v) is 15.9. The minimum atomic E-state index is -1.93. The third-order valence-electron chi connectivity index (χ3n) is 6.25. The van der Waals surface area contributed by atoms with Crippen LogP contribution in [0.25, 0.3) is 0 Å². The number of hydrogen-bond donors (Lipinski definition) is 0. The molecule has 0 aromatic heterocycles. The van der Waals surface area contributed by atoms with Gasteiger partial charge < -0.3 is 0 Å². The molecule has 2 rings (SSSR count). The molecule has 0 aliphatic heterocycles. The Morgan fingerprint density at radius 3 is 1.82 bits per heavy atom. The standard InChI is InChI=1S/C17H23Si.3CH3.Ti/c1-13-12-17(4,15(3)14(13)2)18(5,6)16-10-8-7-9-11-16;;;;/h7-11H,1-6H3;3*1H3;. The Morgan fingerprint density at radius 1 is 0.864 bits per heavy atom. The van der Waals surface area contributed by atoms with E-state index in [1.807, 2.05) is 3.88 Å². The average Bonchev–Trinajstić information content (AvgIpc) is 2.61. The summed E-state index contributed by atoms with van der Waals surface area (Å²) in [6.07, 6.45) is 0. The molecule has 0 bridgehead atoms. The number of benzene rings is 1. The second kappa shape index (κ2) is 5.61. The summed E-state index contributed by atoms with van der Waals surface area (Å²) in [4.78, 5) is 0. The molecule has 1 unspecified atom stereocenters. The molecular weight excluding hydrogens is 316 g/mol. The predicted octanol–water partition coefficient (Wildman–Crippen LogP) is 6.28. The van der Waals surface area contributed by atoms with Gasteiger partial charge in [0.05, 0.1) is 0 Å². The van der Waals surface area contributed by atoms with Crippen molar-refractivity contribution in [1.82, 2.24) is 0 Å². The van der Waals surface area contributed by atoms with Crippen molar-refractivity contribution >= 4 is 13.3 Å². The molecule has 22 heavy (non-hydrogen) atoms. The molecule has 0 heterocycles. The first-order valence-electron chi connectivity index (χ1n) is 8.41. The molecule has 0 amide bonds. The van der Waals surface area contributed by atoms with Gasteiger partial charge in [0.25, 0.3) is 0 Å². The Kier molecular flexibility index (Phi) is 4.59. The first-order valence-corrected chi connectivity index (χ1v) is 16.9. The molecule has 120 valence electrons. The van der Waals surface area contributed by atoms with Crippen LogP contribution in [-0.2, 0) is 16.6 Å². The van der Waals surface area contributed by atoms with Crippen molar-refractivity contribution in [3.8, 4) is 0 Å². The first-order chi connectivity index (χ1) is 9.95. The zero-order valence-corrected chi connectivity index (χ0v) is 18.4. The molecule has 0 radical (unpaired) electrons. The molecule has 0 saturated carbocycles. The first kappa shape index (κ1) is 18.0. The summed E-state index contributed by atoms with van der Waals surface area (Å²) in [6.45, 7) is 14.8. The van der Waals surface area contributed by atoms with Crippen LogP contribution in [0.5, 0.6) is 0 Å². The van der Waals surface area contributed by atoms with E-state index < -0.39 is 24.7 Å². The van der Waals surface area contributed by atoms with Gasteiger partial charge in [-0.1, -0.05) is 0 Å².